The van der Waals surface area contributed by atoms with Gasteiger partial charge in [0.25, 0.3) is 6.20 Å². The van der Waals surface area contributed by atoms with Crippen molar-refractivity contribution in [3.05, 3.63) is 81.8 Å². The van der Waals surface area contributed by atoms with Gasteiger partial charge in [0.05, 0.1) is 10.5 Å². The molecule has 2 aliphatic rings. The Balaban J connectivity index is 1.67. The van der Waals surface area contributed by atoms with Crippen LogP contribution in [0.15, 0.2) is 60.6 Å². The molecule has 2 saturated heterocycles. The van der Waals surface area contributed by atoms with Crippen LogP contribution in [0.25, 0.3) is 0 Å². The number of nitrogens with two attached hydrogens (primary N) is 1. The number of methoxy groups -OCH3 is 1. The van der Waals surface area contributed by atoms with Gasteiger partial charge in [-0.2, -0.15) is 0 Å². The number of hydrogen-bond acceptors (Lipinski definition) is 8. The molecule has 3 atom stereocenters. The molecule has 2 aliphatic heterocycles. The summed E-state index contributed by atoms with van der Waals surface area (Å²) in [5.74, 6) is 1.81. The lowest BCUT2D eigenvalue weighted by Gasteiger charge is -2.45. The number of rotatable bonds is 12. The molecule has 9 heteroatoms. The van der Waals surface area contributed by atoms with Crippen LogP contribution >= 0.6 is 0 Å². The molecule has 9 nitrogen and oxygen atoms in total. The molecule has 2 aromatic carbocycles. The average Bonchev–Trinajstić information content (AvgIpc) is 3.37. The lowest BCUT2D eigenvalue weighted by atomic mass is 9.73. The summed E-state index contributed by atoms with van der Waals surface area (Å²) in [7, 11) is 1.68. The van der Waals surface area contributed by atoms with Gasteiger partial charge in [-0.05, 0) is 63.1 Å². The molecule has 2 fully saturated rings. The minimum atomic E-state index is -1.19. The minimum Gasteiger partial charge on any atom is -0.457 e. The fourth-order valence-corrected chi connectivity index (χ4v) is 5.93. The number of benzene rings is 2. The lowest BCUT2D eigenvalue weighted by Crippen LogP contribution is -2.48. The number of hydrogen-bond donors (Lipinski definition) is 2. The van der Waals surface area contributed by atoms with Gasteiger partial charge in [0, 0.05) is 57.4 Å². The number of unbranched alkanes of at least 4 members (excludes halogenated alkanes) is 1. The Morgan fingerprint density at radius 3 is 2.51 bits per heavy atom. The van der Waals surface area contributed by atoms with Crippen molar-refractivity contribution in [3.8, 4) is 11.5 Å². The number of piperidine rings is 1. The number of aliphatic hydroxyl groups is 1. The molecule has 0 radical (unpaired) electrons. The standard InChI is InChI=1S/C30H42N4O5/c1-23-10-3-5-13-27(23)39-28-14-6-4-12-26(28)30(35,16-7-8-19-38-2)24-11-9-17-32(20-24)29(22-34(36)37)33-18-15-25(31)21-33/h3-6,10,12-14,22,24-25,35H,7-9,11,15-21,31H2,1-2H3/b29-22-/t24-,25+,30+/m1/s1. The molecular formula is C30H42N4O5. The van der Waals surface area contributed by atoms with Gasteiger partial charge in [0.1, 0.15) is 11.5 Å². The summed E-state index contributed by atoms with van der Waals surface area (Å²) in [4.78, 5) is 15.3. The Labute approximate surface area is 231 Å². The first-order chi connectivity index (χ1) is 18.8. The maximum absolute atomic E-state index is 12.6. The van der Waals surface area contributed by atoms with Crippen LogP contribution in [0.2, 0.25) is 0 Å². The third-order valence-electron chi connectivity index (χ3n) is 8.01. The monoisotopic (exact) mass is 538 g/mol. The third-order valence-corrected chi connectivity index (χ3v) is 8.01. The molecule has 0 aliphatic carbocycles. The fraction of sp³-hybridized carbons (Fsp3) is 0.533. The van der Waals surface area contributed by atoms with Gasteiger partial charge in [0.2, 0.25) is 0 Å². The molecule has 212 valence electrons. The van der Waals surface area contributed by atoms with Gasteiger partial charge in [-0.25, -0.2) is 0 Å². The maximum Gasteiger partial charge on any atom is 0.274 e. The van der Waals surface area contributed by atoms with Crippen LogP contribution in [0.1, 0.15) is 49.7 Å². The van der Waals surface area contributed by atoms with E-state index in [1.165, 1.54) is 0 Å². The number of likely N-dealkylation sites (tertiary alicyclic amines) is 2. The largest absolute Gasteiger partial charge is 0.457 e. The van der Waals surface area contributed by atoms with E-state index in [1.807, 2.05) is 60.4 Å². The van der Waals surface area contributed by atoms with Gasteiger partial charge in [-0.1, -0.05) is 36.4 Å². The third kappa shape index (κ3) is 7.09. The summed E-state index contributed by atoms with van der Waals surface area (Å²) < 4.78 is 11.7. The minimum absolute atomic E-state index is 0.00364. The smallest absolute Gasteiger partial charge is 0.274 e. The highest BCUT2D eigenvalue weighted by molar-refractivity contribution is 5.44. The number of nitro groups is 1. The summed E-state index contributed by atoms with van der Waals surface area (Å²) >= 11 is 0. The molecule has 2 aromatic rings. The summed E-state index contributed by atoms with van der Waals surface area (Å²) in [6.45, 7) is 5.11. The zero-order chi connectivity index (χ0) is 27.8. The number of para-hydroxylation sites is 2. The van der Waals surface area contributed by atoms with Crippen molar-refractivity contribution in [2.75, 3.05) is 39.9 Å². The van der Waals surface area contributed by atoms with Gasteiger partial charge >= 0.3 is 0 Å². The SMILES string of the molecule is COCCCC[C@@](O)(c1ccccc1Oc1ccccc1C)[C@@H]1CCCN(/C(=C/[N+](=O)[O-])N2CC[C@H](N)C2)C1. The van der Waals surface area contributed by atoms with Crippen molar-refractivity contribution in [1.29, 1.82) is 0 Å². The first-order valence-corrected chi connectivity index (χ1v) is 14.0. The van der Waals surface area contributed by atoms with Gasteiger partial charge in [-0.15, -0.1) is 0 Å². The highest BCUT2D eigenvalue weighted by Crippen LogP contribution is 2.45. The van der Waals surface area contributed by atoms with Crippen molar-refractivity contribution >= 4 is 0 Å². The van der Waals surface area contributed by atoms with Crippen LogP contribution < -0.4 is 10.5 Å². The van der Waals surface area contributed by atoms with Crippen molar-refractivity contribution in [2.45, 2.75) is 57.1 Å². The van der Waals surface area contributed by atoms with Gasteiger partial charge in [0.15, 0.2) is 5.82 Å². The number of nitrogens with zero attached hydrogens (tertiary/aromatic N) is 3. The van der Waals surface area contributed by atoms with E-state index in [0.29, 0.717) is 50.8 Å². The van der Waals surface area contributed by atoms with Crippen molar-refractivity contribution in [1.82, 2.24) is 9.80 Å². The molecular weight excluding hydrogens is 496 g/mol. The summed E-state index contributed by atoms with van der Waals surface area (Å²) in [6, 6.07) is 15.6. The van der Waals surface area contributed by atoms with Gasteiger partial charge < -0.3 is 30.1 Å². The van der Waals surface area contributed by atoms with Crippen LogP contribution in [0.5, 0.6) is 11.5 Å². The van der Waals surface area contributed by atoms with E-state index < -0.39 is 5.60 Å². The highest BCUT2D eigenvalue weighted by atomic mass is 16.6. The molecule has 0 unspecified atom stereocenters. The van der Waals surface area contributed by atoms with E-state index in [4.69, 9.17) is 15.2 Å². The molecule has 4 rings (SSSR count). The molecule has 3 N–H and O–H groups in total. The predicted molar refractivity (Wildman–Crippen MR) is 151 cm³/mol. The zero-order valence-corrected chi connectivity index (χ0v) is 23.1. The molecule has 39 heavy (non-hydrogen) atoms. The molecule has 0 amide bonds. The van der Waals surface area contributed by atoms with Crippen LogP contribution in [0.4, 0.5) is 0 Å². The lowest BCUT2D eigenvalue weighted by molar-refractivity contribution is -0.405. The Bertz CT molecular complexity index is 1140. The quantitative estimate of drug-likeness (QED) is 0.229. The van der Waals surface area contributed by atoms with Crippen molar-refractivity contribution < 1.29 is 19.5 Å². The molecule has 2 heterocycles. The number of aryl methyl sites for hydroxylation is 1. The molecule has 0 saturated carbocycles. The second-order valence-electron chi connectivity index (χ2n) is 10.8. The van der Waals surface area contributed by atoms with E-state index in [9.17, 15) is 15.2 Å². The zero-order valence-electron chi connectivity index (χ0n) is 23.1. The molecule has 0 spiro atoms. The van der Waals surface area contributed by atoms with Crippen molar-refractivity contribution in [3.63, 3.8) is 0 Å². The van der Waals surface area contributed by atoms with Crippen LogP contribution in [-0.2, 0) is 10.3 Å². The van der Waals surface area contributed by atoms with E-state index in [0.717, 1.165) is 55.2 Å². The Morgan fingerprint density at radius 2 is 1.82 bits per heavy atom. The summed E-state index contributed by atoms with van der Waals surface area (Å²) in [5.41, 5.74) is 6.72. The van der Waals surface area contributed by atoms with Gasteiger partial charge in [-0.3, -0.25) is 10.1 Å². The topological polar surface area (TPSA) is 114 Å². The van der Waals surface area contributed by atoms with Crippen LogP contribution in [0, 0.1) is 23.0 Å². The average molecular weight is 539 g/mol. The second-order valence-corrected chi connectivity index (χ2v) is 10.8. The van der Waals surface area contributed by atoms with Crippen LogP contribution in [-0.4, -0.2) is 65.8 Å². The Morgan fingerprint density at radius 1 is 1.10 bits per heavy atom. The fourth-order valence-electron chi connectivity index (χ4n) is 5.93. The highest BCUT2D eigenvalue weighted by Gasteiger charge is 2.43. The van der Waals surface area contributed by atoms with Crippen molar-refractivity contribution in [2.24, 2.45) is 11.7 Å². The van der Waals surface area contributed by atoms with E-state index in [2.05, 4.69) is 4.90 Å². The Kier molecular flexibility index (Phi) is 9.83. The second kappa shape index (κ2) is 13.3. The Hall–Kier alpha value is -3.14. The summed E-state index contributed by atoms with van der Waals surface area (Å²) in [6.07, 6.45) is 5.67. The van der Waals surface area contributed by atoms with Crippen LogP contribution in [0.3, 0.4) is 0 Å². The normalized spacial score (nSPS) is 21.6. The maximum atomic E-state index is 12.6. The predicted octanol–water partition coefficient (Wildman–Crippen LogP) is 4.61. The van der Waals surface area contributed by atoms with E-state index >= 15 is 0 Å². The van der Waals surface area contributed by atoms with E-state index in [1.54, 1.807) is 7.11 Å². The summed E-state index contributed by atoms with van der Waals surface area (Å²) in [5, 5.41) is 24.2. The molecule has 0 bridgehead atoms. The van der Waals surface area contributed by atoms with E-state index in [-0.39, 0.29) is 16.9 Å². The first kappa shape index (κ1) is 28.9. The number of ether oxygens (including phenoxy) is 2. The first-order valence-electron chi connectivity index (χ1n) is 14.0. The molecule has 0 aromatic heterocycles.